The van der Waals surface area contributed by atoms with Crippen molar-refractivity contribution < 1.29 is 13.2 Å². The van der Waals surface area contributed by atoms with Crippen LogP contribution in [0.1, 0.15) is 11.3 Å². The Kier molecular flexibility index (Phi) is 5.57. The molecule has 1 heterocycles. The van der Waals surface area contributed by atoms with Crippen molar-refractivity contribution in [1.82, 2.24) is 4.98 Å². The number of carbonyl (C=O) groups excluding carboxylic acids is 1. The van der Waals surface area contributed by atoms with Crippen LogP contribution in [0.15, 0.2) is 58.8 Å². The number of nitrogens with zero attached hydrogens (tertiary/aromatic N) is 1. The summed E-state index contributed by atoms with van der Waals surface area (Å²) in [5.74, 6) is -0.126. The number of rotatable bonds is 6. The summed E-state index contributed by atoms with van der Waals surface area (Å²) in [6, 6.07) is 14.1. The molecule has 1 aromatic heterocycles. The maximum Gasteiger partial charge on any atom is 0.230 e. The lowest BCUT2D eigenvalue weighted by atomic mass is 10.2. The number of benzene rings is 2. The topological polar surface area (TPSA) is 88.2 Å². The van der Waals surface area contributed by atoms with Crippen LogP contribution in [-0.4, -0.2) is 25.6 Å². The maximum absolute atomic E-state index is 12.2. The van der Waals surface area contributed by atoms with E-state index in [2.05, 4.69) is 15.6 Å². The number of carbonyl (C=O) groups is 1. The van der Waals surface area contributed by atoms with E-state index in [1.807, 2.05) is 36.6 Å². The predicted octanol–water partition coefficient (Wildman–Crippen LogP) is 3.78. The molecule has 0 unspecified atom stereocenters. The van der Waals surface area contributed by atoms with Crippen molar-refractivity contribution in [3.8, 4) is 0 Å². The zero-order chi connectivity index (χ0) is 19.4. The van der Waals surface area contributed by atoms with Crippen LogP contribution < -0.4 is 10.6 Å². The normalized spacial score (nSPS) is 11.2. The molecule has 0 aliphatic rings. The van der Waals surface area contributed by atoms with Gasteiger partial charge in [0.25, 0.3) is 0 Å². The summed E-state index contributed by atoms with van der Waals surface area (Å²) in [5.41, 5.74) is 3.19. The maximum atomic E-state index is 12.2. The molecule has 0 fully saturated rings. The third-order valence-electron chi connectivity index (χ3n) is 3.85. The van der Waals surface area contributed by atoms with E-state index in [-0.39, 0.29) is 17.2 Å². The highest BCUT2D eigenvalue weighted by Gasteiger charge is 2.10. The zero-order valence-electron chi connectivity index (χ0n) is 14.9. The van der Waals surface area contributed by atoms with Gasteiger partial charge in [0, 0.05) is 23.0 Å². The number of sulfone groups is 1. The number of hydrogen-bond donors (Lipinski definition) is 2. The van der Waals surface area contributed by atoms with Crippen LogP contribution >= 0.6 is 11.3 Å². The van der Waals surface area contributed by atoms with E-state index in [4.69, 9.17) is 0 Å². The second-order valence-electron chi connectivity index (χ2n) is 6.11. The standard InChI is InChI=1S/C19H19N3O3S2/c1-13-5-3-4-6-17(13)22-18(23)11-15-12-26-19(21-15)20-14-7-9-16(10-8-14)27(2,24)25/h3-10,12H,11H2,1-2H3,(H,20,21)(H,22,23). The average Bonchev–Trinajstić information content (AvgIpc) is 3.03. The molecular weight excluding hydrogens is 382 g/mol. The lowest BCUT2D eigenvalue weighted by Crippen LogP contribution is -2.15. The van der Waals surface area contributed by atoms with Crippen molar-refractivity contribution in [2.45, 2.75) is 18.2 Å². The number of aromatic nitrogens is 1. The number of para-hydroxylation sites is 1. The molecule has 0 aliphatic carbocycles. The molecule has 0 bridgehead atoms. The van der Waals surface area contributed by atoms with Gasteiger partial charge >= 0.3 is 0 Å². The van der Waals surface area contributed by atoms with Crippen LogP contribution in [-0.2, 0) is 21.1 Å². The second kappa shape index (κ2) is 7.89. The molecule has 27 heavy (non-hydrogen) atoms. The van der Waals surface area contributed by atoms with Crippen LogP contribution in [0.4, 0.5) is 16.5 Å². The molecule has 0 aliphatic heterocycles. The van der Waals surface area contributed by atoms with Crippen molar-refractivity contribution in [3.05, 3.63) is 65.2 Å². The Morgan fingerprint density at radius 3 is 2.48 bits per heavy atom. The van der Waals surface area contributed by atoms with E-state index in [1.54, 1.807) is 24.3 Å². The van der Waals surface area contributed by atoms with Crippen molar-refractivity contribution in [2.24, 2.45) is 0 Å². The zero-order valence-corrected chi connectivity index (χ0v) is 16.5. The fourth-order valence-corrected chi connectivity index (χ4v) is 3.79. The van der Waals surface area contributed by atoms with Crippen molar-refractivity contribution in [1.29, 1.82) is 0 Å². The number of hydrogen-bond acceptors (Lipinski definition) is 6. The Balaban J connectivity index is 1.61. The summed E-state index contributed by atoms with van der Waals surface area (Å²) >= 11 is 1.39. The Hall–Kier alpha value is -2.71. The summed E-state index contributed by atoms with van der Waals surface area (Å²) in [7, 11) is -3.22. The molecule has 2 N–H and O–H groups in total. The first-order valence-electron chi connectivity index (χ1n) is 8.18. The number of amides is 1. The molecule has 1 amide bonds. The Bertz CT molecular complexity index is 1060. The molecule has 8 heteroatoms. The van der Waals surface area contributed by atoms with Crippen LogP contribution in [0.5, 0.6) is 0 Å². The van der Waals surface area contributed by atoms with Gasteiger partial charge in [0.05, 0.1) is 17.0 Å². The van der Waals surface area contributed by atoms with Gasteiger partial charge in [-0.1, -0.05) is 18.2 Å². The van der Waals surface area contributed by atoms with Crippen molar-refractivity contribution >= 4 is 43.6 Å². The number of thiazole rings is 1. The first-order chi connectivity index (χ1) is 12.8. The highest BCUT2D eigenvalue weighted by Crippen LogP contribution is 2.23. The largest absolute Gasteiger partial charge is 0.332 e. The summed E-state index contributed by atoms with van der Waals surface area (Å²) in [6.45, 7) is 1.94. The number of anilines is 3. The smallest absolute Gasteiger partial charge is 0.230 e. The molecule has 6 nitrogen and oxygen atoms in total. The van der Waals surface area contributed by atoms with Gasteiger partial charge in [-0.25, -0.2) is 13.4 Å². The van der Waals surface area contributed by atoms with Gasteiger partial charge in [0.15, 0.2) is 15.0 Å². The summed E-state index contributed by atoms with van der Waals surface area (Å²) < 4.78 is 23.0. The van der Waals surface area contributed by atoms with E-state index in [1.165, 1.54) is 17.6 Å². The van der Waals surface area contributed by atoms with Crippen LogP contribution in [0.2, 0.25) is 0 Å². The summed E-state index contributed by atoms with van der Waals surface area (Å²) in [4.78, 5) is 16.9. The monoisotopic (exact) mass is 401 g/mol. The van der Waals surface area contributed by atoms with Gasteiger partial charge in [-0.3, -0.25) is 4.79 Å². The van der Waals surface area contributed by atoms with E-state index < -0.39 is 9.84 Å². The van der Waals surface area contributed by atoms with Gasteiger partial charge in [-0.2, -0.15) is 0 Å². The molecular formula is C19H19N3O3S2. The van der Waals surface area contributed by atoms with E-state index >= 15 is 0 Å². The lowest BCUT2D eigenvalue weighted by molar-refractivity contribution is -0.115. The number of aryl methyl sites for hydroxylation is 1. The van der Waals surface area contributed by atoms with Crippen LogP contribution in [0, 0.1) is 6.92 Å². The molecule has 2 aromatic carbocycles. The minimum Gasteiger partial charge on any atom is -0.332 e. The van der Waals surface area contributed by atoms with Gasteiger partial charge in [-0.05, 0) is 42.8 Å². The predicted molar refractivity (Wildman–Crippen MR) is 108 cm³/mol. The average molecular weight is 402 g/mol. The van der Waals surface area contributed by atoms with Crippen LogP contribution in [0.3, 0.4) is 0 Å². The molecule has 140 valence electrons. The van der Waals surface area contributed by atoms with Crippen molar-refractivity contribution in [3.63, 3.8) is 0 Å². The molecule has 0 radical (unpaired) electrons. The molecule has 0 spiro atoms. The van der Waals surface area contributed by atoms with Gasteiger partial charge in [-0.15, -0.1) is 11.3 Å². The number of nitrogens with one attached hydrogen (secondary N) is 2. The molecule has 0 saturated carbocycles. The first-order valence-corrected chi connectivity index (χ1v) is 11.0. The first kappa shape index (κ1) is 19.1. The fraction of sp³-hybridized carbons (Fsp3) is 0.158. The van der Waals surface area contributed by atoms with E-state index in [9.17, 15) is 13.2 Å². The minimum absolute atomic E-state index is 0.126. The van der Waals surface area contributed by atoms with E-state index in [0.717, 1.165) is 16.9 Å². The van der Waals surface area contributed by atoms with Gasteiger partial charge in [0.2, 0.25) is 5.91 Å². The Morgan fingerprint density at radius 1 is 1.11 bits per heavy atom. The van der Waals surface area contributed by atoms with Crippen LogP contribution in [0.25, 0.3) is 0 Å². The Labute approximate surface area is 162 Å². The highest BCUT2D eigenvalue weighted by molar-refractivity contribution is 7.90. The lowest BCUT2D eigenvalue weighted by Gasteiger charge is -2.07. The third-order valence-corrected chi connectivity index (χ3v) is 5.78. The van der Waals surface area contributed by atoms with E-state index in [0.29, 0.717) is 10.8 Å². The fourth-order valence-electron chi connectivity index (χ4n) is 2.43. The van der Waals surface area contributed by atoms with Crippen molar-refractivity contribution in [2.75, 3.05) is 16.9 Å². The highest BCUT2D eigenvalue weighted by atomic mass is 32.2. The molecule has 3 rings (SSSR count). The quantitative estimate of drug-likeness (QED) is 0.656. The molecule has 3 aromatic rings. The SMILES string of the molecule is Cc1ccccc1NC(=O)Cc1csc(Nc2ccc(S(C)(=O)=O)cc2)n1. The Morgan fingerprint density at radius 2 is 1.81 bits per heavy atom. The summed E-state index contributed by atoms with van der Waals surface area (Å²) in [5, 5.41) is 8.47. The summed E-state index contributed by atoms with van der Waals surface area (Å²) in [6.07, 6.45) is 1.35. The third kappa shape index (κ3) is 5.15. The molecule has 0 saturated heterocycles. The molecule has 0 atom stereocenters. The minimum atomic E-state index is -3.22. The second-order valence-corrected chi connectivity index (χ2v) is 8.98. The van der Waals surface area contributed by atoms with Gasteiger partial charge in [0.1, 0.15) is 0 Å². The van der Waals surface area contributed by atoms with Gasteiger partial charge < -0.3 is 10.6 Å².